The largest absolute Gasteiger partial charge is 0.481 e. The Bertz CT molecular complexity index is 858. The lowest BCUT2D eigenvalue weighted by Gasteiger charge is -2.23. The maximum Gasteiger partial charge on any atom is 0.344 e. The molecule has 0 fully saturated rings. The maximum atomic E-state index is 12.3. The minimum Gasteiger partial charge on any atom is -0.481 e. The van der Waals surface area contributed by atoms with Crippen LogP contribution in [0.1, 0.15) is 61.1 Å². The number of carbonyl (C=O) groups excluding carboxylic acids is 3. The summed E-state index contributed by atoms with van der Waals surface area (Å²) in [4.78, 5) is 35.2. The van der Waals surface area contributed by atoms with Gasteiger partial charge in [-0.3, -0.25) is 9.59 Å². The van der Waals surface area contributed by atoms with Gasteiger partial charge >= 0.3 is 5.97 Å². The molecule has 160 valence electrons. The Morgan fingerprint density at radius 1 is 0.933 bits per heavy atom. The number of carbonyl (C=O) groups is 3. The molecular formula is C24H29NO5. The highest BCUT2D eigenvalue weighted by molar-refractivity contribution is 5.82. The summed E-state index contributed by atoms with van der Waals surface area (Å²) >= 11 is 0. The Kier molecular flexibility index (Phi) is 8.59. The summed E-state index contributed by atoms with van der Waals surface area (Å²) in [6.45, 7) is 7.52. The van der Waals surface area contributed by atoms with Gasteiger partial charge in [-0.2, -0.15) is 0 Å². The third-order valence-electron chi connectivity index (χ3n) is 4.70. The summed E-state index contributed by atoms with van der Waals surface area (Å²) in [6, 6.07) is 14.5. The topological polar surface area (TPSA) is 81.7 Å². The van der Waals surface area contributed by atoms with Crippen molar-refractivity contribution in [3.63, 3.8) is 0 Å². The zero-order chi connectivity index (χ0) is 22.1. The van der Waals surface area contributed by atoms with Gasteiger partial charge in [-0.25, -0.2) is 4.79 Å². The predicted octanol–water partition coefficient (Wildman–Crippen LogP) is 4.06. The molecule has 0 radical (unpaired) electrons. The van der Waals surface area contributed by atoms with Gasteiger partial charge < -0.3 is 14.8 Å². The van der Waals surface area contributed by atoms with Crippen molar-refractivity contribution in [1.82, 2.24) is 5.32 Å². The Labute approximate surface area is 177 Å². The third-order valence-corrected chi connectivity index (χ3v) is 4.70. The maximum absolute atomic E-state index is 12.3. The van der Waals surface area contributed by atoms with E-state index in [1.807, 2.05) is 26.0 Å². The van der Waals surface area contributed by atoms with E-state index in [0.717, 1.165) is 5.56 Å². The standard InChI is InChI=1S/C24H29NO5/c1-16(2)18-9-11-19(12-10-18)24(17(3)4)25-22(27)14-30-23(28)15-29-21-8-6-5-7-20(21)13-26/h5-13,16-17,24H,14-15H2,1-4H3,(H,25,27)/t24-/m1/s1. The zero-order valence-corrected chi connectivity index (χ0v) is 17.9. The Morgan fingerprint density at radius 3 is 2.17 bits per heavy atom. The first-order chi connectivity index (χ1) is 14.3. The van der Waals surface area contributed by atoms with Crippen LogP contribution in [0.5, 0.6) is 5.75 Å². The number of hydrogen-bond acceptors (Lipinski definition) is 5. The minimum atomic E-state index is -0.687. The molecule has 0 bridgehead atoms. The highest BCUT2D eigenvalue weighted by atomic mass is 16.6. The van der Waals surface area contributed by atoms with Gasteiger partial charge in [0.25, 0.3) is 5.91 Å². The van der Waals surface area contributed by atoms with Crippen LogP contribution in [-0.4, -0.2) is 31.4 Å². The molecule has 2 aromatic carbocycles. The molecule has 0 aliphatic carbocycles. The average Bonchev–Trinajstić information content (AvgIpc) is 2.74. The third kappa shape index (κ3) is 6.72. The molecule has 1 N–H and O–H groups in total. The lowest BCUT2D eigenvalue weighted by Crippen LogP contribution is -2.35. The number of benzene rings is 2. The van der Waals surface area contributed by atoms with E-state index >= 15 is 0 Å². The van der Waals surface area contributed by atoms with Crippen LogP contribution in [0.2, 0.25) is 0 Å². The van der Waals surface area contributed by atoms with Crippen LogP contribution >= 0.6 is 0 Å². The van der Waals surface area contributed by atoms with Gasteiger partial charge in [-0.1, -0.05) is 64.1 Å². The summed E-state index contributed by atoms with van der Waals surface area (Å²) in [5.41, 5.74) is 2.58. The molecular weight excluding hydrogens is 382 g/mol. The summed E-state index contributed by atoms with van der Waals surface area (Å²) < 4.78 is 10.3. The van der Waals surface area contributed by atoms with Crippen molar-refractivity contribution < 1.29 is 23.9 Å². The number of esters is 1. The van der Waals surface area contributed by atoms with Crippen molar-refractivity contribution >= 4 is 18.2 Å². The molecule has 0 saturated carbocycles. The molecule has 0 aliphatic heterocycles. The molecule has 1 amide bonds. The van der Waals surface area contributed by atoms with Gasteiger partial charge in [0.15, 0.2) is 19.5 Å². The second-order valence-electron chi connectivity index (χ2n) is 7.72. The summed E-state index contributed by atoms with van der Waals surface area (Å²) in [5, 5.41) is 2.93. The van der Waals surface area contributed by atoms with E-state index in [-0.39, 0.29) is 24.5 Å². The molecule has 30 heavy (non-hydrogen) atoms. The smallest absolute Gasteiger partial charge is 0.344 e. The van der Waals surface area contributed by atoms with Gasteiger partial charge in [0.05, 0.1) is 11.6 Å². The molecule has 6 nitrogen and oxygen atoms in total. The second kappa shape index (κ2) is 11.1. The van der Waals surface area contributed by atoms with Crippen LogP contribution < -0.4 is 10.1 Å². The van der Waals surface area contributed by atoms with Gasteiger partial charge in [0, 0.05) is 0 Å². The van der Waals surface area contributed by atoms with Crippen molar-refractivity contribution in [2.45, 2.75) is 39.7 Å². The van der Waals surface area contributed by atoms with E-state index in [1.54, 1.807) is 24.3 Å². The first kappa shape index (κ1) is 23.1. The summed E-state index contributed by atoms with van der Waals surface area (Å²) in [5.74, 6) is -0.181. The van der Waals surface area contributed by atoms with Crippen molar-refractivity contribution in [2.24, 2.45) is 5.92 Å². The van der Waals surface area contributed by atoms with E-state index < -0.39 is 12.6 Å². The number of amides is 1. The molecule has 2 rings (SSSR count). The van der Waals surface area contributed by atoms with Crippen molar-refractivity contribution in [2.75, 3.05) is 13.2 Å². The van der Waals surface area contributed by atoms with E-state index in [9.17, 15) is 14.4 Å². The average molecular weight is 411 g/mol. The van der Waals surface area contributed by atoms with E-state index in [2.05, 4.69) is 31.3 Å². The molecule has 0 spiro atoms. The van der Waals surface area contributed by atoms with Gasteiger partial charge in [-0.15, -0.1) is 0 Å². The lowest BCUT2D eigenvalue weighted by molar-refractivity contribution is -0.150. The molecule has 1 atom stereocenters. The first-order valence-corrected chi connectivity index (χ1v) is 10.0. The molecule has 0 saturated heterocycles. The van der Waals surface area contributed by atoms with Crippen LogP contribution in [0, 0.1) is 5.92 Å². The normalized spacial score (nSPS) is 11.8. The fraction of sp³-hybridized carbons (Fsp3) is 0.375. The zero-order valence-electron chi connectivity index (χ0n) is 17.9. The monoisotopic (exact) mass is 411 g/mol. The van der Waals surface area contributed by atoms with Crippen LogP contribution in [0.25, 0.3) is 0 Å². The fourth-order valence-electron chi connectivity index (χ4n) is 2.97. The van der Waals surface area contributed by atoms with Crippen LogP contribution in [0.4, 0.5) is 0 Å². The number of hydrogen-bond donors (Lipinski definition) is 1. The highest BCUT2D eigenvalue weighted by Gasteiger charge is 2.19. The van der Waals surface area contributed by atoms with Crippen LogP contribution in [-0.2, 0) is 14.3 Å². The number of aldehydes is 1. The molecule has 6 heteroatoms. The second-order valence-corrected chi connectivity index (χ2v) is 7.72. The molecule has 0 aliphatic rings. The van der Waals surface area contributed by atoms with Crippen LogP contribution in [0.15, 0.2) is 48.5 Å². The summed E-state index contributed by atoms with van der Waals surface area (Å²) in [6.07, 6.45) is 0.647. The molecule has 2 aromatic rings. The Hall–Kier alpha value is -3.15. The lowest BCUT2D eigenvalue weighted by atomic mass is 9.93. The SMILES string of the molecule is CC(C)c1ccc([C@H](NC(=O)COC(=O)COc2ccccc2C=O)C(C)C)cc1. The quantitative estimate of drug-likeness (QED) is 0.471. The molecule has 0 heterocycles. The number of ether oxygens (including phenoxy) is 2. The number of rotatable bonds is 10. The highest BCUT2D eigenvalue weighted by Crippen LogP contribution is 2.24. The predicted molar refractivity (Wildman–Crippen MR) is 115 cm³/mol. The number of nitrogens with one attached hydrogen (secondary N) is 1. The number of para-hydroxylation sites is 1. The van der Waals surface area contributed by atoms with E-state index in [4.69, 9.17) is 9.47 Å². The van der Waals surface area contributed by atoms with Crippen molar-refractivity contribution in [1.29, 1.82) is 0 Å². The fourth-order valence-corrected chi connectivity index (χ4v) is 2.97. The van der Waals surface area contributed by atoms with Crippen LogP contribution in [0.3, 0.4) is 0 Å². The Balaban J connectivity index is 1.86. The Morgan fingerprint density at radius 2 is 1.57 bits per heavy atom. The van der Waals surface area contributed by atoms with E-state index in [0.29, 0.717) is 23.5 Å². The minimum absolute atomic E-state index is 0.165. The summed E-state index contributed by atoms with van der Waals surface area (Å²) in [7, 11) is 0. The van der Waals surface area contributed by atoms with Gasteiger partial charge in [0.2, 0.25) is 0 Å². The van der Waals surface area contributed by atoms with Gasteiger partial charge in [-0.05, 0) is 35.1 Å². The van der Waals surface area contributed by atoms with Crippen molar-refractivity contribution in [3.8, 4) is 5.75 Å². The first-order valence-electron chi connectivity index (χ1n) is 10.0. The van der Waals surface area contributed by atoms with Crippen molar-refractivity contribution in [3.05, 3.63) is 65.2 Å². The molecule has 0 unspecified atom stereocenters. The molecule has 0 aromatic heterocycles. The van der Waals surface area contributed by atoms with Gasteiger partial charge in [0.1, 0.15) is 5.75 Å². The van der Waals surface area contributed by atoms with E-state index in [1.165, 1.54) is 5.56 Å².